The van der Waals surface area contributed by atoms with Gasteiger partial charge in [0, 0.05) is 29.2 Å². The van der Waals surface area contributed by atoms with E-state index in [1.165, 1.54) is 19.0 Å². The number of allylic oxidation sites excluding steroid dienone is 1. The molecule has 0 saturated heterocycles. The first-order valence-electron chi connectivity index (χ1n) is 12.5. The van der Waals surface area contributed by atoms with E-state index in [1.54, 1.807) is 0 Å². The molecule has 39 heavy (non-hydrogen) atoms. The molecule has 0 heterocycles. The highest BCUT2D eigenvalue weighted by Gasteiger charge is 2.63. The summed E-state index contributed by atoms with van der Waals surface area (Å²) in [6.07, 6.45) is 1.52. The summed E-state index contributed by atoms with van der Waals surface area (Å²) in [6, 6.07) is -0.0131. The molecule has 0 bridgehead atoms. The number of carbonyl (C=O) groups is 4. The van der Waals surface area contributed by atoms with E-state index in [0.29, 0.717) is 0 Å². The van der Waals surface area contributed by atoms with Gasteiger partial charge in [0.1, 0.15) is 22.9 Å². The zero-order valence-corrected chi connectivity index (χ0v) is 21.2. The van der Waals surface area contributed by atoms with Crippen molar-refractivity contribution in [2.24, 2.45) is 17.6 Å². The Bertz CT molecular complexity index is 1400. The fourth-order valence-corrected chi connectivity index (χ4v) is 6.09. The summed E-state index contributed by atoms with van der Waals surface area (Å²) < 4.78 is 15.3. The Morgan fingerprint density at radius 3 is 2.46 bits per heavy atom. The fraction of sp³-hybridized carbons (Fsp3) is 0.462. The number of hydrogen-bond acceptors (Lipinski definition) is 10. The van der Waals surface area contributed by atoms with Gasteiger partial charge in [-0.15, -0.1) is 0 Å². The minimum Gasteiger partial charge on any atom is -0.510 e. The number of fused-ring (bicyclic) bond motifs is 3. The molecular weight excluding hydrogens is 515 g/mol. The number of phenolic OH excluding ortho intramolecular Hbond substituents is 1. The van der Waals surface area contributed by atoms with Gasteiger partial charge < -0.3 is 36.8 Å². The van der Waals surface area contributed by atoms with E-state index in [9.17, 15) is 39.6 Å². The minimum absolute atomic E-state index is 0.0864. The number of likely N-dealkylation sites (N-methyl/N-ethyl adjacent to an activating group) is 1. The van der Waals surface area contributed by atoms with Gasteiger partial charge in [-0.2, -0.15) is 0 Å². The molecule has 8 N–H and O–H groups in total. The SMILES string of the molecule is CN(C)[C@@H]1C(O)=C(C(N)=O)C(=O)[C@@]2(O)C(O)=C3C(=O)c4c(O)c(NC(=O)CNC5CC5)cc(F)c4C[C@H]3C[C@@H]12. The maximum atomic E-state index is 15.3. The van der Waals surface area contributed by atoms with Crippen LogP contribution in [0, 0.1) is 17.7 Å². The number of ketones is 2. The Hall–Kier alpha value is -3.81. The number of aliphatic hydroxyl groups excluding tert-OH is 2. The fourth-order valence-electron chi connectivity index (χ4n) is 6.09. The molecule has 5 rings (SSSR count). The molecule has 2 amide bonds. The van der Waals surface area contributed by atoms with Gasteiger partial charge in [0.05, 0.1) is 23.8 Å². The highest BCUT2D eigenvalue weighted by Crippen LogP contribution is 2.53. The van der Waals surface area contributed by atoms with Crippen molar-refractivity contribution in [3.63, 3.8) is 0 Å². The third-order valence-electron chi connectivity index (χ3n) is 8.07. The predicted molar refractivity (Wildman–Crippen MR) is 133 cm³/mol. The molecule has 12 nitrogen and oxygen atoms in total. The second kappa shape index (κ2) is 9.14. The van der Waals surface area contributed by atoms with Crippen LogP contribution in [-0.2, 0) is 20.8 Å². The molecule has 1 fully saturated rings. The number of benzene rings is 1. The van der Waals surface area contributed by atoms with Crippen LogP contribution in [0.5, 0.6) is 5.75 Å². The maximum absolute atomic E-state index is 15.3. The number of aromatic hydroxyl groups is 1. The number of carbonyl (C=O) groups excluding carboxylic acids is 4. The lowest BCUT2D eigenvalue weighted by Crippen LogP contribution is -2.63. The van der Waals surface area contributed by atoms with Crippen LogP contribution >= 0.6 is 0 Å². The van der Waals surface area contributed by atoms with Gasteiger partial charge in [0.2, 0.25) is 11.7 Å². The van der Waals surface area contributed by atoms with E-state index in [2.05, 4.69) is 10.6 Å². The average Bonchev–Trinajstić information content (AvgIpc) is 3.67. The molecule has 0 aromatic heterocycles. The zero-order chi connectivity index (χ0) is 28.5. The molecule has 1 aromatic carbocycles. The third-order valence-corrected chi connectivity index (χ3v) is 8.07. The number of hydrogen-bond donors (Lipinski definition) is 7. The van der Waals surface area contributed by atoms with Gasteiger partial charge in [-0.05, 0) is 45.7 Å². The number of phenols is 1. The lowest BCUT2D eigenvalue weighted by atomic mass is 9.58. The molecule has 0 spiro atoms. The predicted octanol–water partition coefficient (Wildman–Crippen LogP) is -0.0498. The molecule has 1 aromatic rings. The number of aliphatic hydroxyl groups is 3. The van der Waals surface area contributed by atoms with Crippen molar-refractivity contribution >= 4 is 29.1 Å². The van der Waals surface area contributed by atoms with E-state index >= 15 is 4.39 Å². The molecule has 4 aliphatic rings. The highest BCUT2D eigenvalue weighted by molar-refractivity contribution is 6.25. The molecule has 0 aliphatic heterocycles. The summed E-state index contributed by atoms with van der Waals surface area (Å²) >= 11 is 0. The standard InChI is InChI=1S/C26H29FN4O8/c1-31(2)19-12-6-9-5-11-13(27)7-14(30-15(32)8-29-10-3-4-10)20(33)17(11)21(34)16(9)23(36)26(12,39)24(37)18(22(19)35)25(28)38/h7,9-10,12,19,29,33,35-36,39H,3-6,8H2,1-2H3,(H2,28,38)(H,30,32)/t9-,12-,19-,26-/m0/s1. The summed E-state index contributed by atoms with van der Waals surface area (Å²) in [6.45, 7) is -0.0864. The average molecular weight is 545 g/mol. The van der Waals surface area contributed by atoms with Crippen LogP contribution in [0.3, 0.4) is 0 Å². The van der Waals surface area contributed by atoms with Crippen LogP contribution in [0.1, 0.15) is 35.2 Å². The van der Waals surface area contributed by atoms with Gasteiger partial charge in [-0.25, -0.2) is 4.39 Å². The van der Waals surface area contributed by atoms with Crippen molar-refractivity contribution in [2.45, 2.75) is 43.4 Å². The largest absolute Gasteiger partial charge is 0.510 e. The molecule has 13 heteroatoms. The summed E-state index contributed by atoms with van der Waals surface area (Å²) in [5, 5.41) is 49.9. The number of rotatable bonds is 6. The smallest absolute Gasteiger partial charge is 0.255 e. The van der Waals surface area contributed by atoms with E-state index in [0.717, 1.165) is 18.9 Å². The van der Waals surface area contributed by atoms with Gasteiger partial charge in [-0.1, -0.05) is 0 Å². The normalized spacial score (nSPS) is 28.3. The topological polar surface area (TPSA) is 203 Å². The van der Waals surface area contributed by atoms with Crippen molar-refractivity contribution in [2.75, 3.05) is 26.0 Å². The zero-order valence-electron chi connectivity index (χ0n) is 21.2. The van der Waals surface area contributed by atoms with Crippen molar-refractivity contribution in [1.82, 2.24) is 10.2 Å². The van der Waals surface area contributed by atoms with Crippen LogP contribution < -0.4 is 16.4 Å². The molecule has 4 atom stereocenters. The second-order valence-corrected chi connectivity index (χ2v) is 10.8. The minimum atomic E-state index is -2.79. The maximum Gasteiger partial charge on any atom is 0.255 e. The Labute approximate surface area is 222 Å². The van der Waals surface area contributed by atoms with Gasteiger partial charge >= 0.3 is 0 Å². The van der Waals surface area contributed by atoms with Crippen molar-refractivity contribution < 1.29 is 44.0 Å². The molecule has 1 saturated carbocycles. The molecule has 0 unspecified atom stereocenters. The van der Waals surface area contributed by atoms with Crippen molar-refractivity contribution in [1.29, 1.82) is 0 Å². The number of nitrogens with zero attached hydrogens (tertiary/aromatic N) is 1. The van der Waals surface area contributed by atoms with E-state index < -0.39 is 86.7 Å². The number of nitrogens with two attached hydrogens (primary N) is 1. The monoisotopic (exact) mass is 544 g/mol. The van der Waals surface area contributed by atoms with E-state index in [-0.39, 0.29) is 36.7 Å². The number of halogens is 1. The number of Topliss-reactive ketones (excluding diaryl/α,β-unsaturated/α-hetero) is 2. The Morgan fingerprint density at radius 2 is 1.87 bits per heavy atom. The van der Waals surface area contributed by atoms with Gasteiger partial charge in [-0.3, -0.25) is 24.1 Å². The Balaban J connectivity index is 1.59. The van der Waals surface area contributed by atoms with Crippen LogP contribution in [0.15, 0.2) is 28.7 Å². The first kappa shape index (κ1) is 26.8. The summed E-state index contributed by atoms with van der Waals surface area (Å²) in [7, 11) is 3.03. The van der Waals surface area contributed by atoms with E-state index in [4.69, 9.17) is 5.73 Å². The number of anilines is 1. The summed E-state index contributed by atoms with van der Waals surface area (Å²) in [5.41, 5.74) is 0.173. The molecular formula is C26H29FN4O8. The number of nitrogens with one attached hydrogen (secondary N) is 2. The highest BCUT2D eigenvalue weighted by atomic mass is 19.1. The third kappa shape index (κ3) is 3.99. The van der Waals surface area contributed by atoms with Gasteiger partial charge in [0.25, 0.3) is 5.91 Å². The molecule has 0 radical (unpaired) electrons. The number of amides is 2. The first-order valence-corrected chi connectivity index (χ1v) is 12.5. The second-order valence-electron chi connectivity index (χ2n) is 10.8. The first-order chi connectivity index (χ1) is 18.3. The van der Waals surface area contributed by atoms with E-state index in [1.807, 2.05) is 0 Å². The summed E-state index contributed by atoms with van der Waals surface area (Å²) in [5.74, 6) is -9.73. The Morgan fingerprint density at radius 1 is 1.21 bits per heavy atom. The quantitative estimate of drug-likeness (QED) is 0.188. The lowest BCUT2D eigenvalue weighted by molar-refractivity contribution is -0.148. The van der Waals surface area contributed by atoms with Crippen LogP contribution in [0.25, 0.3) is 0 Å². The van der Waals surface area contributed by atoms with Crippen LogP contribution in [0.4, 0.5) is 10.1 Å². The molecule has 4 aliphatic carbocycles. The van der Waals surface area contributed by atoms with Crippen LogP contribution in [-0.4, -0.2) is 87.0 Å². The van der Waals surface area contributed by atoms with Crippen molar-refractivity contribution in [3.8, 4) is 5.75 Å². The van der Waals surface area contributed by atoms with Crippen LogP contribution in [0.2, 0.25) is 0 Å². The summed E-state index contributed by atoms with van der Waals surface area (Å²) in [4.78, 5) is 52.7. The lowest BCUT2D eigenvalue weighted by Gasteiger charge is -2.50. The number of primary amides is 1. The molecule has 208 valence electrons. The van der Waals surface area contributed by atoms with Crippen molar-refractivity contribution in [3.05, 3.63) is 45.7 Å². The Kier molecular flexibility index (Phi) is 6.28. The van der Waals surface area contributed by atoms with Gasteiger partial charge in [0.15, 0.2) is 17.1 Å².